The van der Waals surface area contributed by atoms with Crippen LogP contribution in [0.1, 0.15) is 19.8 Å². The molecule has 0 amide bonds. The van der Waals surface area contributed by atoms with Gasteiger partial charge in [-0.25, -0.2) is 4.98 Å². The van der Waals surface area contributed by atoms with E-state index in [1.807, 2.05) is 19.2 Å². The zero-order valence-corrected chi connectivity index (χ0v) is 8.33. The molecule has 3 nitrogen and oxygen atoms in total. The molecule has 2 N–H and O–H groups in total. The standard InChI is InChI=1S/C10H17N3/c1-3-4-8-13(2)10-9(11)6-5-7-12-10/h5-7H,3-4,8,11H2,1-2H3. The van der Waals surface area contributed by atoms with Crippen LogP contribution in [0.25, 0.3) is 0 Å². The number of rotatable bonds is 4. The molecule has 72 valence electrons. The fourth-order valence-corrected chi connectivity index (χ4v) is 1.23. The highest BCUT2D eigenvalue weighted by atomic mass is 15.2. The maximum atomic E-state index is 5.79. The fraction of sp³-hybridized carbons (Fsp3) is 0.500. The molecule has 0 atom stereocenters. The summed E-state index contributed by atoms with van der Waals surface area (Å²) >= 11 is 0. The van der Waals surface area contributed by atoms with Crippen LogP contribution in [0.15, 0.2) is 18.3 Å². The molecular weight excluding hydrogens is 162 g/mol. The molecule has 0 fully saturated rings. The lowest BCUT2D eigenvalue weighted by atomic mass is 10.3. The molecule has 3 heteroatoms. The number of aromatic nitrogens is 1. The van der Waals surface area contributed by atoms with Crippen LogP contribution in [-0.4, -0.2) is 18.6 Å². The van der Waals surface area contributed by atoms with E-state index in [0.717, 1.165) is 18.1 Å². The summed E-state index contributed by atoms with van der Waals surface area (Å²) in [5, 5.41) is 0. The summed E-state index contributed by atoms with van der Waals surface area (Å²) in [7, 11) is 2.02. The highest BCUT2D eigenvalue weighted by Crippen LogP contribution is 2.17. The Kier molecular flexibility index (Phi) is 3.55. The number of pyridine rings is 1. The first-order chi connectivity index (χ1) is 6.25. The van der Waals surface area contributed by atoms with Crippen molar-refractivity contribution in [3.63, 3.8) is 0 Å². The average Bonchev–Trinajstić information content (AvgIpc) is 2.15. The first-order valence-electron chi connectivity index (χ1n) is 4.67. The van der Waals surface area contributed by atoms with Crippen LogP contribution in [0.5, 0.6) is 0 Å². The summed E-state index contributed by atoms with van der Waals surface area (Å²) in [4.78, 5) is 6.33. The lowest BCUT2D eigenvalue weighted by molar-refractivity contribution is 0.760. The van der Waals surface area contributed by atoms with Crippen LogP contribution in [0.3, 0.4) is 0 Å². The topological polar surface area (TPSA) is 42.2 Å². The summed E-state index contributed by atoms with van der Waals surface area (Å²) in [6, 6.07) is 3.73. The van der Waals surface area contributed by atoms with Gasteiger partial charge in [-0.3, -0.25) is 0 Å². The molecule has 0 saturated heterocycles. The number of hydrogen-bond acceptors (Lipinski definition) is 3. The van der Waals surface area contributed by atoms with Gasteiger partial charge < -0.3 is 10.6 Å². The zero-order chi connectivity index (χ0) is 9.68. The van der Waals surface area contributed by atoms with Crippen LogP contribution in [-0.2, 0) is 0 Å². The van der Waals surface area contributed by atoms with Crippen molar-refractivity contribution in [1.82, 2.24) is 4.98 Å². The number of anilines is 2. The van der Waals surface area contributed by atoms with Crippen molar-refractivity contribution in [3.8, 4) is 0 Å². The Morgan fingerprint density at radius 1 is 1.54 bits per heavy atom. The molecule has 0 spiro atoms. The van der Waals surface area contributed by atoms with Gasteiger partial charge >= 0.3 is 0 Å². The molecule has 1 heterocycles. The van der Waals surface area contributed by atoms with Crippen molar-refractivity contribution in [3.05, 3.63) is 18.3 Å². The Labute approximate surface area is 79.6 Å². The number of nitrogens with two attached hydrogens (primary N) is 1. The van der Waals surface area contributed by atoms with Gasteiger partial charge in [-0.15, -0.1) is 0 Å². The molecule has 0 aliphatic rings. The fourth-order valence-electron chi connectivity index (χ4n) is 1.23. The molecule has 13 heavy (non-hydrogen) atoms. The van der Waals surface area contributed by atoms with Gasteiger partial charge in [0.1, 0.15) is 0 Å². The SMILES string of the molecule is CCCCN(C)c1ncccc1N. The predicted octanol–water partition coefficient (Wildman–Crippen LogP) is 1.90. The second-order valence-electron chi connectivity index (χ2n) is 3.19. The van der Waals surface area contributed by atoms with Crippen LogP contribution in [0.4, 0.5) is 11.5 Å². The molecule has 0 bridgehead atoms. The molecule has 0 saturated carbocycles. The van der Waals surface area contributed by atoms with Crippen LogP contribution in [0.2, 0.25) is 0 Å². The Bertz CT molecular complexity index is 260. The van der Waals surface area contributed by atoms with E-state index in [9.17, 15) is 0 Å². The maximum Gasteiger partial charge on any atom is 0.151 e. The van der Waals surface area contributed by atoms with Crippen molar-refractivity contribution in [2.45, 2.75) is 19.8 Å². The van der Waals surface area contributed by atoms with Gasteiger partial charge in [0.2, 0.25) is 0 Å². The molecule has 1 aromatic rings. The van der Waals surface area contributed by atoms with Crippen LogP contribution in [0, 0.1) is 0 Å². The van der Waals surface area contributed by atoms with E-state index in [4.69, 9.17) is 5.73 Å². The minimum absolute atomic E-state index is 0.751. The summed E-state index contributed by atoms with van der Waals surface area (Å²) < 4.78 is 0. The van der Waals surface area contributed by atoms with Crippen molar-refractivity contribution in [1.29, 1.82) is 0 Å². The van der Waals surface area contributed by atoms with Crippen molar-refractivity contribution >= 4 is 11.5 Å². The van der Waals surface area contributed by atoms with Crippen molar-refractivity contribution in [2.75, 3.05) is 24.2 Å². The lowest BCUT2D eigenvalue weighted by Crippen LogP contribution is -2.20. The van der Waals surface area contributed by atoms with E-state index >= 15 is 0 Å². The molecule has 0 aliphatic heterocycles. The van der Waals surface area contributed by atoms with Gasteiger partial charge in [-0.05, 0) is 18.6 Å². The van der Waals surface area contributed by atoms with E-state index in [1.54, 1.807) is 6.20 Å². The quantitative estimate of drug-likeness (QED) is 0.767. The molecule has 1 aromatic heterocycles. The van der Waals surface area contributed by atoms with E-state index < -0.39 is 0 Å². The van der Waals surface area contributed by atoms with Gasteiger partial charge in [0.15, 0.2) is 5.82 Å². The molecule has 1 rings (SSSR count). The number of unbranched alkanes of at least 4 members (excludes halogenated alkanes) is 1. The molecule has 0 aliphatic carbocycles. The van der Waals surface area contributed by atoms with Crippen LogP contribution >= 0.6 is 0 Å². The van der Waals surface area contributed by atoms with E-state index in [2.05, 4.69) is 16.8 Å². The largest absolute Gasteiger partial charge is 0.396 e. The lowest BCUT2D eigenvalue weighted by Gasteiger charge is -2.18. The highest BCUT2D eigenvalue weighted by molar-refractivity contribution is 5.61. The zero-order valence-electron chi connectivity index (χ0n) is 8.33. The van der Waals surface area contributed by atoms with Gasteiger partial charge in [-0.2, -0.15) is 0 Å². The van der Waals surface area contributed by atoms with Crippen LogP contribution < -0.4 is 10.6 Å². The van der Waals surface area contributed by atoms with Gasteiger partial charge in [0, 0.05) is 19.8 Å². The Morgan fingerprint density at radius 2 is 2.31 bits per heavy atom. The third kappa shape index (κ3) is 2.61. The molecular formula is C10H17N3. The highest BCUT2D eigenvalue weighted by Gasteiger charge is 2.04. The van der Waals surface area contributed by atoms with Gasteiger partial charge in [-0.1, -0.05) is 13.3 Å². The Morgan fingerprint density at radius 3 is 2.92 bits per heavy atom. The summed E-state index contributed by atoms with van der Waals surface area (Å²) in [6.07, 6.45) is 4.14. The summed E-state index contributed by atoms with van der Waals surface area (Å²) in [5.41, 5.74) is 6.54. The molecule has 0 radical (unpaired) electrons. The second-order valence-corrected chi connectivity index (χ2v) is 3.19. The third-order valence-electron chi connectivity index (χ3n) is 2.03. The minimum atomic E-state index is 0.751. The second kappa shape index (κ2) is 4.70. The maximum absolute atomic E-state index is 5.79. The summed E-state index contributed by atoms with van der Waals surface area (Å²) in [6.45, 7) is 3.19. The van der Waals surface area contributed by atoms with Crippen molar-refractivity contribution < 1.29 is 0 Å². The van der Waals surface area contributed by atoms with E-state index in [1.165, 1.54) is 12.8 Å². The van der Waals surface area contributed by atoms with Crippen molar-refractivity contribution in [2.24, 2.45) is 0 Å². The monoisotopic (exact) mass is 179 g/mol. The minimum Gasteiger partial charge on any atom is -0.396 e. The molecule has 0 aromatic carbocycles. The first kappa shape index (κ1) is 9.84. The normalized spacial score (nSPS) is 10.0. The van der Waals surface area contributed by atoms with Gasteiger partial charge in [0.25, 0.3) is 0 Å². The van der Waals surface area contributed by atoms with E-state index in [0.29, 0.717) is 0 Å². The number of hydrogen-bond donors (Lipinski definition) is 1. The summed E-state index contributed by atoms with van der Waals surface area (Å²) in [5.74, 6) is 0.885. The number of nitrogens with zero attached hydrogens (tertiary/aromatic N) is 2. The molecule has 0 unspecified atom stereocenters. The Hall–Kier alpha value is -1.25. The first-order valence-corrected chi connectivity index (χ1v) is 4.67. The third-order valence-corrected chi connectivity index (χ3v) is 2.03. The Balaban J connectivity index is 2.65. The number of nitrogen functional groups attached to an aromatic ring is 1. The smallest absolute Gasteiger partial charge is 0.151 e. The van der Waals surface area contributed by atoms with E-state index in [-0.39, 0.29) is 0 Å². The van der Waals surface area contributed by atoms with Gasteiger partial charge in [0.05, 0.1) is 5.69 Å². The average molecular weight is 179 g/mol. The predicted molar refractivity (Wildman–Crippen MR) is 56.8 cm³/mol.